The van der Waals surface area contributed by atoms with Crippen LogP contribution in [0.4, 0.5) is 43.9 Å². The van der Waals surface area contributed by atoms with Crippen LogP contribution in [0.5, 0.6) is 28.7 Å². The second kappa shape index (κ2) is 45.8. The molecule has 0 bridgehead atoms. The summed E-state index contributed by atoms with van der Waals surface area (Å²) in [6, 6.07) is 42.9. The predicted molar refractivity (Wildman–Crippen MR) is 541 cm³/mol. The molecule has 5 saturated carbocycles. The third-order valence-corrected chi connectivity index (χ3v) is 40.9. The molecule has 10 aliphatic rings. The highest BCUT2D eigenvalue weighted by Crippen LogP contribution is 2.63. The molecule has 147 heavy (non-hydrogen) atoms. The maximum atomic E-state index is 15.2. The van der Waals surface area contributed by atoms with Crippen LogP contribution in [-0.2, 0) is 101 Å². The summed E-state index contributed by atoms with van der Waals surface area (Å²) in [4.78, 5) is 0.0801. The monoisotopic (exact) mass is 2220 g/mol. The van der Waals surface area contributed by atoms with E-state index >= 15 is 17.6 Å². The van der Waals surface area contributed by atoms with Crippen molar-refractivity contribution in [3.05, 3.63) is 304 Å². The minimum atomic E-state index is -4.11. The van der Waals surface area contributed by atoms with E-state index in [4.69, 9.17) is 105 Å². The molecular weight excluding hydrogens is 2100 g/mol. The second-order valence-corrected chi connectivity index (χ2v) is 50.9. The normalized spacial score (nSPS) is 26.1. The number of hydrogen-bond donors (Lipinski definition) is 0. The zero-order chi connectivity index (χ0) is 105. The number of halogens is 15. The number of sulfone groups is 4. The Labute approximate surface area is 876 Å². The van der Waals surface area contributed by atoms with E-state index in [1.54, 1.807) is 19.2 Å². The highest BCUT2D eigenvalue weighted by Gasteiger charge is 2.64. The van der Waals surface area contributed by atoms with E-state index in [1.165, 1.54) is 91.2 Å². The third kappa shape index (κ3) is 22.2. The summed E-state index contributed by atoms with van der Waals surface area (Å²) in [5.41, 5.74) is 1.04. The molecule has 792 valence electrons. The van der Waals surface area contributed by atoms with Gasteiger partial charge in [-0.2, -0.15) is 0 Å². The van der Waals surface area contributed by atoms with E-state index in [0.717, 1.165) is 78.9 Å². The molecule has 15 atom stereocenters. The summed E-state index contributed by atoms with van der Waals surface area (Å²) in [5, 5.41) is 2.46. The molecule has 18 nitrogen and oxygen atoms in total. The van der Waals surface area contributed by atoms with E-state index in [9.17, 15) is 60.0 Å². The first-order valence-corrected chi connectivity index (χ1v) is 57.6. The summed E-state index contributed by atoms with van der Waals surface area (Å²) in [7, 11) is -13.6. The van der Waals surface area contributed by atoms with Crippen molar-refractivity contribution in [3.63, 3.8) is 0 Å². The molecule has 5 heterocycles. The van der Waals surface area contributed by atoms with Gasteiger partial charge in [0.1, 0.15) is 53.2 Å². The first-order valence-electron chi connectivity index (χ1n) is 49.2. The summed E-state index contributed by atoms with van der Waals surface area (Å²) < 4.78 is 306. The maximum absolute atomic E-state index is 15.2. The quantitative estimate of drug-likeness (QED) is 0.0428. The van der Waals surface area contributed by atoms with Crippen molar-refractivity contribution in [2.75, 3.05) is 78.6 Å². The van der Waals surface area contributed by atoms with Gasteiger partial charge in [-0.1, -0.05) is 96.1 Å². The molecule has 20 rings (SSSR count). The van der Waals surface area contributed by atoms with Crippen LogP contribution in [-0.4, -0.2) is 143 Å². The van der Waals surface area contributed by atoms with Gasteiger partial charge in [-0.3, -0.25) is 0 Å². The minimum Gasteiger partial charge on any atom is -0.490 e. The van der Waals surface area contributed by atoms with Gasteiger partial charge in [-0.25, -0.2) is 77.6 Å². The molecule has 0 radical (unpaired) electrons. The number of rotatable bonds is 23. The van der Waals surface area contributed by atoms with E-state index in [1.807, 2.05) is 64.1 Å². The van der Waals surface area contributed by atoms with Crippen LogP contribution in [0.1, 0.15) is 169 Å². The average Bonchev–Trinajstić information content (AvgIpc) is 0.712. The van der Waals surface area contributed by atoms with E-state index in [2.05, 4.69) is 0 Å². The Balaban J connectivity index is 0.000000131. The molecule has 10 aromatic carbocycles. The Bertz CT molecular complexity index is 6730. The largest absolute Gasteiger partial charge is 0.490 e. The molecule has 0 saturated heterocycles. The van der Waals surface area contributed by atoms with E-state index in [-0.39, 0.29) is 154 Å². The van der Waals surface area contributed by atoms with Crippen LogP contribution < -0.4 is 23.7 Å². The van der Waals surface area contributed by atoms with Gasteiger partial charge >= 0.3 is 0 Å². The highest BCUT2D eigenvalue weighted by atomic mass is 35.5. The lowest BCUT2D eigenvalue weighted by Gasteiger charge is -2.50. The van der Waals surface area contributed by atoms with Gasteiger partial charge in [0, 0.05) is 116 Å². The van der Waals surface area contributed by atoms with Crippen LogP contribution in [0, 0.1) is 93.7 Å². The summed E-state index contributed by atoms with van der Waals surface area (Å²) in [6.45, 7) is 10.3. The van der Waals surface area contributed by atoms with Crippen molar-refractivity contribution in [1.82, 2.24) is 0 Å². The number of fused-ring (bicyclic) bond motifs is 15. The maximum Gasteiger partial charge on any atom is 0.188 e. The standard InChI is InChI=1S/C24H27ClF2O4S.C23H25ClF2O4S.2C21H21ClF2O4S.C21H21ClF2O2/c1-32(28,29)12-2-11-30-19-9-10-24(14-16-3-5-18(25)6-4-16)17(13-19)15-31-23-21(27)8-7-20(26)22(23)24;1-14(2)12-29-17-9-10-23(31(27,28)18-5-3-16(24)4-6-18)15(11-17)13-30-22-20(26)8-7-19(25)21(22)23;2*1-2-27-15-9-10-21(29(25,26)16-5-3-14(22)4-6-16)13(11-15)12-28-20-18(24)8-7-17(23)19(20)21;1-25-16-8-9-21(11-13-2-4-15(22)5-3-13)14(10-16)12-26-20-18(24)7-6-17(23)19(20)21/h3-8,17,19H,2,9-15H2,1H3;3-8,14-15,17H,9-13H2,1-2H3;2*3-8,13,15H,2,9-12H2,1H3;2-7,14,16H,8-12H2,1H3/t17-,19-,24+;15-,17-,23+;2*13-,15-,21+;14-,16-,21+/m11111/s1. The molecule has 0 unspecified atom stereocenters. The van der Waals surface area contributed by atoms with Gasteiger partial charge in [-0.15, -0.1) is 0 Å². The van der Waals surface area contributed by atoms with Crippen molar-refractivity contribution >= 4 is 97.4 Å². The van der Waals surface area contributed by atoms with Gasteiger partial charge in [0.15, 0.2) is 87.3 Å². The average molecular weight is 2220 g/mol. The highest BCUT2D eigenvalue weighted by molar-refractivity contribution is 7.93. The Morgan fingerprint density at radius 1 is 0.327 bits per heavy atom. The lowest BCUT2D eigenvalue weighted by Crippen LogP contribution is -2.53. The van der Waals surface area contributed by atoms with Crippen molar-refractivity contribution < 1.29 is 125 Å². The lowest BCUT2D eigenvalue weighted by atomic mass is 9.58. The lowest BCUT2D eigenvalue weighted by molar-refractivity contribution is -0.0332. The fraction of sp³-hybridized carbons (Fsp3) is 0.455. The number of ether oxygens (including phenoxy) is 10. The second-order valence-electron chi connectivity index (χ2n) is 39.9. The van der Waals surface area contributed by atoms with Crippen molar-refractivity contribution in [1.29, 1.82) is 0 Å². The Kier molecular flexibility index (Phi) is 34.7. The van der Waals surface area contributed by atoms with Gasteiger partial charge in [0.05, 0.1) is 101 Å². The molecule has 0 aromatic heterocycles. The van der Waals surface area contributed by atoms with Crippen molar-refractivity contribution in [2.24, 2.45) is 35.5 Å². The van der Waals surface area contributed by atoms with Gasteiger partial charge < -0.3 is 47.4 Å². The minimum absolute atomic E-state index is 0.0164. The Morgan fingerprint density at radius 3 is 0.878 bits per heavy atom. The summed E-state index contributed by atoms with van der Waals surface area (Å²) in [5.74, 6) is -8.66. The van der Waals surface area contributed by atoms with Crippen LogP contribution in [0.3, 0.4) is 0 Å². The van der Waals surface area contributed by atoms with Crippen molar-refractivity contribution in [2.45, 2.75) is 214 Å². The van der Waals surface area contributed by atoms with E-state index in [0.29, 0.717) is 152 Å². The van der Waals surface area contributed by atoms with Crippen LogP contribution in [0.15, 0.2) is 197 Å². The first-order chi connectivity index (χ1) is 70.0. The fourth-order valence-electron chi connectivity index (χ4n) is 24.0. The SMILES string of the molecule is CC(C)CO[C@@H]1CC[C@@]2(S(=O)(=O)c3ccc(Cl)cc3)c3c(F)ccc(F)c3OC[C@H]2C1.CCO[C@@H]1CC[C@@]2(S(=O)(=O)c3ccc(Cl)cc3)c3c(F)ccc(F)c3OC[C@H]2C1.CCO[C@@H]1CC[C@@]2(S(=O)(=O)c3ccc(Cl)cc3)c3c(F)ccc(F)c3OC[C@H]2C1.CO[C@@H]1CC[C@@]2(Cc3ccc(Cl)cc3)c3c(F)ccc(F)c3OC[C@H]2C1.CS(=O)(=O)CCCO[C@@H]1CC[C@@]2(Cc3ccc(Cl)cc3)c3c(F)ccc(F)c3OC[C@H]2C1. The molecule has 10 aromatic rings. The molecule has 0 amide bonds. The first kappa shape index (κ1) is 111. The zero-order valence-corrected chi connectivity index (χ0v) is 88.7. The molecule has 5 aliphatic heterocycles. The van der Waals surface area contributed by atoms with Gasteiger partial charge in [0.25, 0.3) is 0 Å². The number of hydrogen-bond acceptors (Lipinski definition) is 18. The number of methoxy groups -OCH3 is 1. The molecule has 0 N–H and O–H groups in total. The number of benzene rings is 10. The Hall–Kier alpha value is -8.45. The van der Waals surface area contributed by atoms with Crippen molar-refractivity contribution in [3.8, 4) is 28.7 Å². The van der Waals surface area contributed by atoms with E-state index < -0.39 is 140 Å². The Morgan fingerprint density at radius 2 is 0.578 bits per heavy atom. The predicted octanol–water partition coefficient (Wildman–Crippen LogP) is 25.7. The molecule has 37 heteroatoms. The van der Waals surface area contributed by atoms with Gasteiger partial charge in [0.2, 0.25) is 0 Å². The molecule has 0 spiro atoms. The third-order valence-electron chi connectivity index (χ3n) is 30.8. The van der Waals surface area contributed by atoms with Crippen LogP contribution in [0.2, 0.25) is 25.1 Å². The fourth-order valence-corrected chi connectivity index (χ4v) is 32.4. The zero-order valence-electron chi connectivity index (χ0n) is 81.6. The summed E-state index contributed by atoms with van der Waals surface area (Å²) >= 11 is 29.8. The molecule has 5 fully saturated rings. The van der Waals surface area contributed by atoms with Gasteiger partial charge in [-0.05, 0) is 304 Å². The van der Waals surface area contributed by atoms with Crippen LogP contribution >= 0.6 is 58.0 Å². The van der Waals surface area contributed by atoms with Crippen LogP contribution in [0.25, 0.3) is 0 Å². The molecule has 5 aliphatic carbocycles. The smallest absolute Gasteiger partial charge is 0.188 e. The topological polar surface area (TPSA) is 229 Å². The summed E-state index contributed by atoms with van der Waals surface area (Å²) in [6.07, 6.45) is 9.44. The molecular formula is C110H115Cl5F10O18S4.